The van der Waals surface area contributed by atoms with E-state index in [9.17, 15) is 55.9 Å². The highest BCUT2D eigenvalue weighted by Gasteiger charge is 2.70. The van der Waals surface area contributed by atoms with E-state index in [1.807, 2.05) is 0 Å². The molecule has 10 N–H and O–H groups in total. The van der Waals surface area contributed by atoms with Gasteiger partial charge in [-0.05, 0) is 109 Å². The Labute approximate surface area is 376 Å². The van der Waals surface area contributed by atoms with Gasteiger partial charge in [0.05, 0.1) is 31.3 Å². The molecular weight excluding hydrogens is 836 g/mol. The van der Waals surface area contributed by atoms with Crippen LogP contribution in [0.2, 0.25) is 0 Å². The van der Waals surface area contributed by atoms with Crippen LogP contribution < -0.4 is 0 Å². The lowest BCUT2D eigenvalue weighted by Gasteiger charge is -2.71. The smallest absolute Gasteiger partial charge is 0.310 e. The zero-order valence-electron chi connectivity index (χ0n) is 38.5. The fraction of sp³-hybridized carbons (Fsp3) is 0.936. The number of aliphatic carboxylic acids is 1. The largest absolute Gasteiger partial charge is 0.481 e. The molecule has 0 aromatic heterocycles. The Morgan fingerprint density at radius 1 is 0.672 bits per heavy atom. The van der Waals surface area contributed by atoms with Gasteiger partial charge < -0.3 is 79.5 Å². The van der Waals surface area contributed by atoms with Crippen LogP contribution in [-0.2, 0) is 33.2 Å². The Morgan fingerprint density at radius 2 is 1.31 bits per heavy atom. The van der Waals surface area contributed by atoms with Crippen LogP contribution in [0.3, 0.4) is 0 Å². The highest BCUT2D eigenvalue weighted by atomic mass is 16.8. The minimum Gasteiger partial charge on any atom is -0.481 e. The van der Waals surface area contributed by atoms with Crippen molar-refractivity contribution in [3.8, 4) is 0 Å². The zero-order valence-corrected chi connectivity index (χ0v) is 38.5. The molecule has 5 aliphatic carbocycles. The van der Waals surface area contributed by atoms with Gasteiger partial charge in [0.1, 0.15) is 67.1 Å². The number of aliphatic hydroxyl groups excluding tert-OH is 9. The molecule has 0 aromatic carbocycles. The Morgan fingerprint density at radius 3 is 1.98 bits per heavy atom. The standard InChI is InChI=1S/C47H76O17/c1-42(2)14-16-47(41(57)58)17-15-45(6)22(23(47)18-42)8-9-28-44(5)12-11-29(43(3,4)27(44)10-13-46(28,45)7)62-39-35(56)36(32(53)26(20-49)60-39)63-40-37(33(54)31(52)25(19-48)61-40)64-38-34(55)30(51)24(50)21-59-38/h8,23-40,48-56H,9-21H2,1-7H3,(H,57,58). The molecule has 0 spiro atoms. The summed E-state index contributed by atoms with van der Waals surface area (Å²) in [5, 5.41) is 107. The van der Waals surface area contributed by atoms with Gasteiger partial charge in [-0.2, -0.15) is 0 Å². The Bertz CT molecular complexity index is 1740. The first-order chi connectivity index (χ1) is 29.9. The Kier molecular flexibility index (Phi) is 13.2. The van der Waals surface area contributed by atoms with E-state index in [0.717, 1.165) is 44.9 Å². The fourth-order valence-corrected chi connectivity index (χ4v) is 14.9. The SMILES string of the molecule is CC1(C)CCC2(C(=O)O)CCC3(C)C(=CCC4C5(C)CCC(OC6OC(CO)C(O)C(OC7OC(CO)C(O)C(O)C7OC7OCC(O)C(O)C7O)C6O)C(C)(C)C5CCC43C)C2C1. The molecule has 22 unspecified atom stereocenters. The lowest BCUT2D eigenvalue weighted by atomic mass is 9.33. The van der Waals surface area contributed by atoms with Crippen molar-refractivity contribution >= 4 is 5.97 Å². The molecule has 3 heterocycles. The van der Waals surface area contributed by atoms with E-state index in [4.69, 9.17) is 28.4 Å². The second-order valence-electron chi connectivity index (χ2n) is 23.0. The highest BCUT2D eigenvalue weighted by Crippen LogP contribution is 2.76. The Hall–Kier alpha value is -1.39. The average molecular weight is 913 g/mol. The summed E-state index contributed by atoms with van der Waals surface area (Å²) in [5.74, 6) is -0.0920. The summed E-state index contributed by atoms with van der Waals surface area (Å²) in [5.41, 5.74) is 0.00196. The lowest BCUT2D eigenvalue weighted by molar-refractivity contribution is -0.388. The minimum atomic E-state index is -1.83. The maximum absolute atomic E-state index is 13.1. The van der Waals surface area contributed by atoms with Crippen molar-refractivity contribution in [2.45, 2.75) is 205 Å². The first-order valence-electron chi connectivity index (χ1n) is 23.7. The number of hydrogen-bond acceptors (Lipinski definition) is 16. The summed E-state index contributed by atoms with van der Waals surface area (Å²) in [6.45, 7) is 14.4. The number of fused-ring (bicyclic) bond motifs is 7. The van der Waals surface area contributed by atoms with Crippen LogP contribution in [0.5, 0.6) is 0 Å². The summed E-state index contributed by atoms with van der Waals surface area (Å²) in [6.07, 6.45) is -12.2. The second kappa shape index (κ2) is 17.2. The second-order valence-corrected chi connectivity index (χ2v) is 23.0. The number of rotatable bonds is 9. The van der Waals surface area contributed by atoms with Crippen LogP contribution in [0.25, 0.3) is 0 Å². The number of allylic oxidation sites excluding steroid dienone is 2. The van der Waals surface area contributed by atoms with E-state index in [1.54, 1.807) is 0 Å². The highest BCUT2D eigenvalue weighted by molar-refractivity contribution is 5.76. The molecule has 0 amide bonds. The molecule has 64 heavy (non-hydrogen) atoms. The Balaban J connectivity index is 1.01. The third-order valence-corrected chi connectivity index (χ3v) is 19.0. The van der Waals surface area contributed by atoms with E-state index in [-0.39, 0.29) is 33.5 Å². The van der Waals surface area contributed by atoms with Gasteiger partial charge >= 0.3 is 5.97 Å². The molecule has 3 aliphatic heterocycles. The molecule has 366 valence electrons. The normalized spacial score (nSPS) is 53.5. The third kappa shape index (κ3) is 7.58. The number of aliphatic hydroxyl groups is 9. The van der Waals surface area contributed by atoms with E-state index in [0.29, 0.717) is 25.2 Å². The predicted octanol–water partition coefficient (Wildman–Crippen LogP) is 1.35. The van der Waals surface area contributed by atoms with Crippen molar-refractivity contribution in [3.05, 3.63) is 11.6 Å². The van der Waals surface area contributed by atoms with E-state index < -0.39 is 129 Å². The molecule has 0 radical (unpaired) electrons. The summed E-state index contributed by atoms with van der Waals surface area (Å²) < 4.78 is 35.9. The van der Waals surface area contributed by atoms with Crippen molar-refractivity contribution in [1.82, 2.24) is 0 Å². The summed E-state index contributed by atoms with van der Waals surface area (Å²) in [4.78, 5) is 13.1. The van der Waals surface area contributed by atoms with Crippen LogP contribution in [0, 0.1) is 50.2 Å². The number of carboxylic acids is 1. The summed E-state index contributed by atoms with van der Waals surface area (Å²) in [7, 11) is 0. The van der Waals surface area contributed by atoms with Crippen LogP contribution in [0.1, 0.15) is 113 Å². The van der Waals surface area contributed by atoms with Gasteiger partial charge in [-0.15, -0.1) is 0 Å². The summed E-state index contributed by atoms with van der Waals surface area (Å²) >= 11 is 0. The molecule has 17 heteroatoms. The molecule has 0 bridgehead atoms. The molecule has 3 saturated heterocycles. The predicted molar refractivity (Wildman–Crippen MR) is 225 cm³/mol. The van der Waals surface area contributed by atoms with Crippen molar-refractivity contribution in [1.29, 1.82) is 0 Å². The molecule has 17 nitrogen and oxygen atoms in total. The van der Waals surface area contributed by atoms with Gasteiger partial charge in [-0.1, -0.05) is 60.1 Å². The third-order valence-electron chi connectivity index (χ3n) is 19.0. The molecule has 22 atom stereocenters. The molecule has 8 rings (SSSR count). The molecule has 0 aromatic rings. The van der Waals surface area contributed by atoms with Crippen molar-refractivity contribution in [2.24, 2.45) is 50.2 Å². The maximum atomic E-state index is 13.1. The van der Waals surface area contributed by atoms with Crippen LogP contribution in [0.4, 0.5) is 0 Å². The lowest BCUT2D eigenvalue weighted by Crippen LogP contribution is -2.67. The van der Waals surface area contributed by atoms with Gasteiger partial charge in [0.15, 0.2) is 18.9 Å². The quantitative estimate of drug-likeness (QED) is 0.116. The van der Waals surface area contributed by atoms with E-state index in [1.165, 1.54) is 5.57 Å². The van der Waals surface area contributed by atoms with E-state index in [2.05, 4.69) is 54.5 Å². The van der Waals surface area contributed by atoms with Gasteiger partial charge in [0.2, 0.25) is 0 Å². The van der Waals surface area contributed by atoms with Crippen molar-refractivity contribution < 1.29 is 84.3 Å². The first kappa shape index (κ1) is 49.0. The van der Waals surface area contributed by atoms with Gasteiger partial charge in [0, 0.05) is 0 Å². The number of ether oxygens (including phenoxy) is 6. The zero-order chi connectivity index (χ0) is 46.7. The molecule has 8 aliphatic rings. The van der Waals surface area contributed by atoms with Gasteiger partial charge in [-0.3, -0.25) is 4.79 Å². The average Bonchev–Trinajstić information content (AvgIpc) is 3.23. The summed E-state index contributed by atoms with van der Waals surface area (Å²) in [6, 6.07) is 0. The molecular formula is C47H76O17. The molecule has 7 fully saturated rings. The van der Waals surface area contributed by atoms with Crippen LogP contribution in [-0.4, -0.2) is 169 Å². The molecule has 4 saturated carbocycles. The van der Waals surface area contributed by atoms with Crippen LogP contribution in [0.15, 0.2) is 11.6 Å². The van der Waals surface area contributed by atoms with Gasteiger partial charge in [0.25, 0.3) is 0 Å². The first-order valence-corrected chi connectivity index (χ1v) is 23.7. The van der Waals surface area contributed by atoms with Crippen LogP contribution >= 0.6 is 0 Å². The minimum absolute atomic E-state index is 0.0195. The number of carboxylic acid groups (broad SMARTS) is 1. The van der Waals surface area contributed by atoms with Crippen molar-refractivity contribution in [2.75, 3.05) is 19.8 Å². The van der Waals surface area contributed by atoms with E-state index >= 15 is 0 Å². The fourth-order valence-electron chi connectivity index (χ4n) is 14.9. The topological polar surface area (TPSA) is 275 Å². The number of carbonyl (C=O) groups is 1. The van der Waals surface area contributed by atoms with Crippen molar-refractivity contribution in [3.63, 3.8) is 0 Å². The number of hydrogen-bond donors (Lipinski definition) is 10. The monoisotopic (exact) mass is 913 g/mol. The maximum Gasteiger partial charge on any atom is 0.310 e. The van der Waals surface area contributed by atoms with Gasteiger partial charge in [-0.25, -0.2) is 0 Å².